The summed E-state index contributed by atoms with van der Waals surface area (Å²) in [5, 5.41) is 3.08. The predicted molar refractivity (Wildman–Crippen MR) is 105 cm³/mol. The SMILES string of the molecule is CC[C@@H](NC(=O)[C@@H](C)Oc1ccccc1C(C)C)c1ccc(OC)cc1. The number of nitrogens with one attached hydrogen (secondary N) is 1. The zero-order valence-corrected chi connectivity index (χ0v) is 16.3. The number of benzene rings is 2. The van der Waals surface area contributed by atoms with Gasteiger partial charge in [0.25, 0.3) is 5.91 Å². The molecule has 0 saturated carbocycles. The Morgan fingerprint density at radius 1 is 1.04 bits per heavy atom. The summed E-state index contributed by atoms with van der Waals surface area (Å²) < 4.78 is 11.1. The predicted octanol–water partition coefficient (Wildman–Crippen LogP) is 4.85. The third kappa shape index (κ3) is 5.01. The topological polar surface area (TPSA) is 47.6 Å². The molecule has 0 unspecified atom stereocenters. The highest BCUT2D eigenvalue weighted by Gasteiger charge is 2.20. The molecule has 1 N–H and O–H groups in total. The zero-order valence-electron chi connectivity index (χ0n) is 16.3. The van der Waals surface area contributed by atoms with Crippen molar-refractivity contribution in [2.45, 2.75) is 52.2 Å². The number of ether oxygens (including phenoxy) is 2. The van der Waals surface area contributed by atoms with Crippen LogP contribution < -0.4 is 14.8 Å². The lowest BCUT2D eigenvalue weighted by Crippen LogP contribution is -2.38. The van der Waals surface area contributed by atoms with E-state index in [1.54, 1.807) is 14.0 Å². The van der Waals surface area contributed by atoms with Crippen molar-refractivity contribution in [3.05, 3.63) is 59.7 Å². The highest BCUT2D eigenvalue weighted by molar-refractivity contribution is 5.81. The lowest BCUT2D eigenvalue weighted by atomic mass is 10.0. The number of carbonyl (C=O) groups is 1. The first-order chi connectivity index (χ1) is 12.5. The number of methoxy groups -OCH3 is 1. The Bertz CT molecular complexity index is 710. The summed E-state index contributed by atoms with van der Waals surface area (Å²) in [7, 11) is 1.64. The van der Waals surface area contributed by atoms with E-state index < -0.39 is 6.10 Å². The first-order valence-corrected chi connectivity index (χ1v) is 9.16. The van der Waals surface area contributed by atoms with Gasteiger partial charge in [0.05, 0.1) is 13.2 Å². The second-order valence-corrected chi connectivity index (χ2v) is 6.70. The maximum atomic E-state index is 12.6. The second kappa shape index (κ2) is 9.27. The van der Waals surface area contributed by atoms with E-state index in [1.807, 2.05) is 48.5 Å². The van der Waals surface area contributed by atoms with Crippen molar-refractivity contribution in [1.29, 1.82) is 0 Å². The average molecular weight is 355 g/mol. The Labute approximate surface area is 156 Å². The van der Waals surface area contributed by atoms with Crippen molar-refractivity contribution in [2.75, 3.05) is 7.11 Å². The lowest BCUT2D eigenvalue weighted by Gasteiger charge is -2.22. The molecule has 0 heterocycles. The van der Waals surface area contributed by atoms with Crippen molar-refractivity contribution in [2.24, 2.45) is 0 Å². The monoisotopic (exact) mass is 355 g/mol. The van der Waals surface area contributed by atoms with Crippen molar-refractivity contribution in [1.82, 2.24) is 5.32 Å². The van der Waals surface area contributed by atoms with Gasteiger partial charge in [0.15, 0.2) is 6.10 Å². The van der Waals surface area contributed by atoms with E-state index in [0.29, 0.717) is 5.92 Å². The van der Waals surface area contributed by atoms with Gasteiger partial charge in [0.2, 0.25) is 0 Å². The van der Waals surface area contributed by atoms with Crippen molar-refractivity contribution in [3.63, 3.8) is 0 Å². The van der Waals surface area contributed by atoms with E-state index in [9.17, 15) is 4.79 Å². The smallest absolute Gasteiger partial charge is 0.261 e. The van der Waals surface area contributed by atoms with Gasteiger partial charge in [-0.15, -0.1) is 0 Å². The zero-order chi connectivity index (χ0) is 19.1. The van der Waals surface area contributed by atoms with E-state index in [0.717, 1.165) is 29.0 Å². The molecule has 2 aromatic rings. The molecule has 4 nitrogen and oxygen atoms in total. The third-order valence-electron chi connectivity index (χ3n) is 4.46. The Hall–Kier alpha value is -2.49. The molecule has 2 atom stereocenters. The molecule has 2 rings (SSSR count). The number of rotatable bonds is 8. The van der Waals surface area contributed by atoms with E-state index in [2.05, 4.69) is 26.1 Å². The fraction of sp³-hybridized carbons (Fsp3) is 0.409. The van der Waals surface area contributed by atoms with Crippen LogP contribution in [0.15, 0.2) is 48.5 Å². The average Bonchev–Trinajstić information content (AvgIpc) is 2.66. The molecule has 0 aliphatic rings. The molecule has 0 spiro atoms. The molecule has 0 aliphatic carbocycles. The van der Waals surface area contributed by atoms with Crippen LogP contribution in [0.2, 0.25) is 0 Å². The third-order valence-corrected chi connectivity index (χ3v) is 4.46. The Balaban J connectivity index is 2.05. The molecule has 4 heteroatoms. The van der Waals surface area contributed by atoms with Crippen LogP contribution in [0.1, 0.15) is 57.2 Å². The van der Waals surface area contributed by atoms with Crippen LogP contribution in [0.4, 0.5) is 0 Å². The normalized spacial score (nSPS) is 13.2. The molecular formula is C22H29NO3. The molecule has 1 amide bonds. The molecular weight excluding hydrogens is 326 g/mol. The molecule has 140 valence electrons. The Kier molecular flexibility index (Phi) is 7.07. The molecule has 0 radical (unpaired) electrons. The summed E-state index contributed by atoms with van der Waals surface area (Å²) in [6.07, 6.45) is 0.232. The molecule has 0 aromatic heterocycles. The van der Waals surface area contributed by atoms with Gasteiger partial charge >= 0.3 is 0 Å². The fourth-order valence-corrected chi connectivity index (χ4v) is 2.86. The highest BCUT2D eigenvalue weighted by atomic mass is 16.5. The lowest BCUT2D eigenvalue weighted by molar-refractivity contribution is -0.128. The van der Waals surface area contributed by atoms with Crippen LogP contribution in [-0.4, -0.2) is 19.1 Å². The van der Waals surface area contributed by atoms with Gasteiger partial charge < -0.3 is 14.8 Å². The number of hydrogen-bond donors (Lipinski definition) is 1. The number of hydrogen-bond acceptors (Lipinski definition) is 3. The van der Waals surface area contributed by atoms with Gasteiger partial charge in [-0.3, -0.25) is 4.79 Å². The Morgan fingerprint density at radius 3 is 2.27 bits per heavy atom. The largest absolute Gasteiger partial charge is 0.497 e. The van der Waals surface area contributed by atoms with Gasteiger partial charge in [0, 0.05) is 0 Å². The second-order valence-electron chi connectivity index (χ2n) is 6.70. The van der Waals surface area contributed by atoms with Gasteiger partial charge in [-0.25, -0.2) is 0 Å². The van der Waals surface area contributed by atoms with Gasteiger partial charge in [-0.1, -0.05) is 51.1 Å². The summed E-state index contributed by atoms with van der Waals surface area (Å²) in [6.45, 7) is 8.06. The number of carbonyl (C=O) groups excluding carboxylic acids is 1. The van der Waals surface area contributed by atoms with Gasteiger partial charge in [-0.2, -0.15) is 0 Å². The van der Waals surface area contributed by atoms with Gasteiger partial charge in [-0.05, 0) is 48.6 Å². The van der Waals surface area contributed by atoms with E-state index in [-0.39, 0.29) is 11.9 Å². The molecule has 0 aliphatic heterocycles. The summed E-state index contributed by atoms with van der Waals surface area (Å²) in [5.41, 5.74) is 2.16. The fourth-order valence-electron chi connectivity index (χ4n) is 2.86. The quantitative estimate of drug-likeness (QED) is 0.736. The number of amides is 1. The van der Waals surface area contributed by atoms with E-state index in [1.165, 1.54) is 0 Å². The maximum Gasteiger partial charge on any atom is 0.261 e. The van der Waals surface area contributed by atoms with Crippen LogP contribution in [0.25, 0.3) is 0 Å². The number of para-hydroxylation sites is 1. The van der Waals surface area contributed by atoms with Crippen molar-refractivity contribution >= 4 is 5.91 Å². The summed E-state index contributed by atoms with van der Waals surface area (Å²) in [4.78, 5) is 12.6. The first-order valence-electron chi connectivity index (χ1n) is 9.16. The first kappa shape index (κ1) is 19.8. The highest BCUT2D eigenvalue weighted by Crippen LogP contribution is 2.27. The van der Waals surface area contributed by atoms with Gasteiger partial charge in [0.1, 0.15) is 11.5 Å². The van der Waals surface area contributed by atoms with E-state index >= 15 is 0 Å². The molecule has 2 aromatic carbocycles. The molecule has 0 saturated heterocycles. The molecule has 0 bridgehead atoms. The molecule has 26 heavy (non-hydrogen) atoms. The summed E-state index contributed by atoms with van der Waals surface area (Å²) in [5.74, 6) is 1.79. The summed E-state index contributed by atoms with van der Waals surface area (Å²) in [6, 6.07) is 15.6. The van der Waals surface area contributed by atoms with Crippen LogP contribution in [0.3, 0.4) is 0 Å². The van der Waals surface area contributed by atoms with Crippen LogP contribution in [-0.2, 0) is 4.79 Å². The van der Waals surface area contributed by atoms with E-state index in [4.69, 9.17) is 9.47 Å². The van der Waals surface area contributed by atoms with Crippen LogP contribution in [0.5, 0.6) is 11.5 Å². The standard InChI is InChI=1S/C22H29NO3/c1-6-20(17-11-13-18(25-5)14-12-17)23-22(24)16(4)26-21-10-8-7-9-19(21)15(2)3/h7-16,20H,6H2,1-5H3,(H,23,24)/t16-,20-/m1/s1. The minimum Gasteiger partial charge on any atom is -0.497 e. The van der Waals surface area contributed by atoms with Crippen LogP contribution in [0, 0.1) is 0 Å². The van der Waals surface area contributed by atoms with Crippen molar-refractivity contribution < 1.29 is 14.3 Å². The minimum absolute atomic E-state index is 0.0557. The minimum atomic E-state index is -0.567. The Morgan fingerprint density at radius 2 is 1.69 bits per heavy atom. The maximum absolute atomic E-state index is 12.6. The van der Waals surface area contributed by atoms with Crippen LogP contribution >= 0.6 is 0 Å². The molecule has 0 fully saturated rings. The van der Waals surface area contributed by atoms with Crippen molar-refractivity contribution in [3.8, 4) is 11.5 Å². The summed E-state index contributed by atoms with van der Waals surface area (Å²) >= 11 is 0.